The van der Waals surface area contributed by atoms with Crippen LogP contribution in [0, 0.1) is 0 Å². The molecular formula is C8H17NO. The Balaban J connectivity index is 2.01. The van der Waals surface area contributed by atoms with E-state index in [1.54, 1.807) is 0 Å². The van der Waals surface area contributed by atoms with E-state index in [-0.39, 0.29) is 0 Å². The molecule has 1 aliphatic heterocycles. The quantitative estimate of drug-likeness (QED) is 0.640. The molecule has 1 aliphatic rings. The third kappa shape index (κ3) is 2.67. The lowest BCUT2D eigenvalue weighted by molar-refractivity contribution is 0.0649. The van der Waals surface area contributed by atoms with Gasteiger partial charge in [0.25, 0.3) is 0 Å². The van der Waals surface area contributed by atoms with Crippen LogP contribution in [0.4, 0.5) is 0 Å². The molecule has 2 nitrogen and oxygen atoms in total. The minimum atomic E-state index is 0.377. The maximum absolute atomic E-state index is 5.46. The zero-order chi connectivity index (χ0) is 7.40. The van der Waals surface area contributed by atoms with Gasteiger partial charge in [-0.2, -0.15) is 0 Å². The van der Waals surface area contributed by atoms with Gasteiger partial charge in [-0.3, -0.25) is 0 Å². The average molecular weight is 143 g/mol. The minimum absolute atomic E-state index is 0.377. The second-order valence-electron chi connectivity index (χ2n) is 3.18. The summed E-state index contributed by atoms with van der Waals surface area (Å²) in [7, 11) is 0. The van der Waals surface area contributed by atoms with Gasteiger partial charge in [0.2, 0.25) is 0 Å². The number of ether oxygens (including phenoxy) is 1. The Morgan fingerprint density at radius 3 is 2.90 bits per heavy atom. The molecular weight excluding hydrogens is 126 g/mol. The van der Waals surface area contributed by atoms with E-state index in [2.05, 4.69) is 19.2 Å². The van der Waals surface area contributed by atoms with Gasteiger partial charge in [-0.15, -0.1) is 0 Å². The van der Waals surface area contributed by atoms with E-state index in [0.717, 1.165) is 6.61 Å². The third-order valence-electron chi connectivity index (χ3n) is 1.79. The van der Waals surface area contributed by atoms with Crippen molar-refractivity contribution in [3.8, 4) is 0 Å². The summed E-state index contributed by atoms with van der Waals surface area (Å²) in [4.78, 5) is 0. The van der Waals surface area contributed by atoms with Crippen molar-refractivity contribution >= 4 is 0 Å². The molecule has 2 heteroatoms. The van der Waals surface area contributed by atoms with Crippen molar-refractivity contribution in [2.45, 2.75) is 38.8 Å². The van der Waals surface area contributed by atoms with Gasteiger partial charge in [0, 0.05) is 6.04 Å². The Hall–Kier alpha value is -0.0800. The minimum Gasteiger partial charge on any atom is -0.377 e. The van der Waals surface area contributed by atoms with Gasteiger partial charge in [-0.25, -0.2) is 0 Å². The van der Waals surface area contributed by atoms with E-state index in [1.165, 1.54) is 19.4 Å². The molecule has 0 aromatic rings. The van der Waals surface area contributed by atoms with Crippen LogP contribution < -0.4 is 5.32 Å². The molecule has 0 saturated carbocycles. The molecule has 0 aromatic carbocycles. The topological polar surface area (TPSA) is 21.3 Å². The maximum atomic E-state index is 5.46. The molecule has 10 heavy (non-hydrogen) atoms. The highest BCUT2D eigenvalue weighted by Gasteiger charge is 2.13. The molecule has 1 saturated heterocycles. The van der Waals surface area contributed by atoms with Crippen LogP contribution in [0.3, 0.4) is 0 Å². The molecule has 0 radical (unpaired) electrons. The van der Waals surface area contributed by atoms with Crippen molar-refractivity contribution in [3.05, 3.63) is 0 Å². The summed E-state index contributed by atoms with van der Waals surface area (Å²) in [6.45, 7) is 6.22. The Kier molecular flexibility index (Phi) is 3.16. The first kappa shape index (κ1) is 8.02. The van der Waals surface area contributed by atoms with Crippen LogP contribution in [0.25, 0.3) is 0 Å². The van der Waals surface area contributed by atoms with Crippen LogP contribution in [-0.4, -0.2) is 25.3 Å². The molecule has 0 spiro atoms. The van der Waals surface area contributed by atoms with Gasteiger partial charge >= 0.3 is 0 Å². The molecule has 60 valence electrons. The Bertz CT molecular complexity index is 87.3. The molecule has 1 N–H and O–H groups in total. The molecule has 0 bridgehead atoms. The van der Waals surface area contributed by atoms with Gasteiger partial charge in [-0.1, -0.05) is 0 Å². The maximum Gasteiger partial charge on any atom is 0.0623 e. The smallest absolute Gasteiger partial charge is 0.0623 e. The van der Waals surface area contributed by atoms with Gasteiger partial charge in [0.05, 0.1) is 12.7 Å². The standard InChI is InChI=1S/C8H17NO/c1-7(2)10-6-8-4-3-5-9-8/h7-9H,3-6H2,1-2H3/t8-/m0/s1. The van der Waals surface area contributed by atoms with Crippen molar-refractivity contribution < 1.29 is 4.74 Å². The molecule has 0 aliphatic carbocycles. The molecule has 0 amide bonds. The Morgan fingerprint density at radius 2 is 2.40 bits per heavy atom. The van der Waals surface area contributed by atoms with E-state index in [0.29, 0.717) is 12.1 Å². The zero-order valence-corrected chi connectivity index (χ0v) is 6.89. The SMILES string of the molecule is CC(C)OC[C@@H]1CCCN1. The fraction of sp³-hybridized carbons (Fsp3) is 1.00. The fourth-order valence-corrected chi connectivity index (χ4v) is 1.21. The van der Waals surface area contributed by atoms with Crippen LogP contribution >= 0.6 is 0 Å². The Labute approximate surface area is 63.0 Å². The first-order valence-electron chi connectivity index (χ1n) is 4.14. The molecule has 1 heterocycles. The summed E-state index contributed by atoms with van der Waals surface area (Å²) in [5.74, 6) is 0. The average Bonchev–Trinajstić information content (AvgIpc) is 2.34. The lowest BCUT2D eigenvalue weighted by Gasteiger charge is -2.12. The van der Waals surface area contributed by atoms with Gasteiger partial charge in [0.1, 0.15) is 0 Å². The van der Waals surface area contributed by atoms with Gasteiger partial charge in [-0.05, 0) is 33.2 Å². The van der Waals surface area contributed by atoms with Crippen LogP contribution in [0.2, 0.25) is 0 Å². The molecule has 0 unspecified atom stereocenters. The third-order valence-corrected chi connectivity index (χ3v) is 1.79. The van der Waals surface area contributed by atoms with E-state index in [1.807, 2.05) is 0 Å². The summed E-state index contributed by atoms with van der Waals surface area (Å²) in [6.07, 6.45) is 2.97. The van der Waals surface area contributed by atoms with Crippen molar-refractivity contribution in [1.82, 2.24) is 5.32 Å². The van der Waals surface area contributed by atoms with Crippen LogP contribution in [0.1, 0.15) is 26.7 Å². The lowest BCUT2D eigenvalue weighted by atomic mass is 10.2. The molecule has 0 aromatic heterocycles. The largest absolute Gasteiger partial charge is 0.377 e. The summed E-state index contributed by atoms with van der Waals surface area (Å²) in [5.41, 5.74) is 0. The zero-order valence-electron chi connectivity index (χ0n) is 6.89. The number of rotatable bonds is 3. The van der Waals surface area contributed by atoms with Crippen molar-refractivity contribution in [3.63, 3.8) is 0 Å². The summed E-state index contributed by atoms with van der Waals surface area (Å²) in [5, 5.41) is 3.39. The normalized spacial score (nSPS) is 26.1. The van der Waals surface area contributed by atoms with Crippen LogP contribution in [-0.2, 0) is 4.74 Å². The lowest BCUT2D eigenvalue weighted by Crippen LogP contribution is -2.28. The molecule has 1 fully saturated rings. The second-order valence-corrected chi connectivity index (χ2v) is 3.18. The monoisotopic (exact) mass is 143 g/mol. The Morgan fingerprint density at radius 1 is 1.60 bits per heavy atom. The highest BCUT2D eigenvalue weighted by atomic mass is 16.5. The predicted octanol–water partition coefficient (Wildman–Crippen LogP) is 1.16. The van der Waals surface area contributed by atoms with Gasteiger partial charge in [0.15, 0.2) is 0 Å². The highest BCUT2D eigenvalue weighted by molar-refractivity contribution is 4.73. The first-order valence-corrected chi connectivity index (χ1v) is 4.14. The summed E-state index contributed by atoms with van der Waals surface area (Å²) >= 11 is 0. The van der Waals surface area contributed by atoms with E-state index in [4.69, 9.17) is 4.74 Å². The van der Waals surface area contributed by atoms with E-state index >= 15 is 0 Å². The summed E-state index contributed by atoms with van der Waals surface area (Å²) in [6, 6.07) is 0.627. The van der Waals surface area contributed by atoms with E-state index < -0.39 is 0 Å². The second kappa shape index (κ2) is 3.94. The van der Waals surface area contributed by atoms with Crippen molar-refractivity contribution in [2.24, 2.45) is 0 Å². The fourth-order valence-electron chi connectivity index (χ4n) is 1.21. The van der Waals surface area contributed by atoms with Gasteiger partial charge < -0.3 is 10.1 Å². The molecule has 1 rings (SSSR count). The molecule has 1 atom stereocenters. The van der Waals surface area contributed by atoms with Crippen LogP contribution in [0.5, 0.6) is 0 Å². The van der Waals surface area contributed by atoms with Crippen molar-refractivity contribution in [2.75, 3.05) is 13.2 Å². The highest BCUT2D eigenvalue weighted by Crippen LogP contribution is 2.05. The first-order chi connectivity index (χ1) is 4.79. The van der Waals surface area contributed by atoms with Crippen molar-refractivity contribution in [1.29, 1.82) is 0 Å². The van der Waals surface area contributed by atoms with E-state index in [9.17, 15) is 0 Å². The number of hydrogen-bond donors (Lipinski definition) is 1. The van der Waals surface area contributed by atoms with Crippen LogP contribution in [0.15, 0.2) is 0 Å². The number of hydrogen-bond acceptors (Lipinski definition) is 2. The number of nitrogens with one attached hydrogen (secondary N) is 1. The predicted molar refractivity (Wildman–Crippen MR) is 42.1 cm³/mol. The summed E-state index contributed by atoms with van der Waals surface area (Å²) < 4.78 is 5.46.